The third-order valence-electron chi connectivity index (χ3n) is 8.54. The molecule has 0 unspecified atom stereocenters. The molecule has 16 heteroatoms. The molecule has 1 aromatic rings. The van der Waals surface area contributed by atoms with E-state index in [-0.39, 0.29) is 39.0 Å². The van der Waals surface area contributed by atoms with E-state index >= 15 is 0 Å². The zero-order valence-electron chi connectivity index (χ0n) is 34.0. The summed E-state index contributed by atoms with van der Waals surface area (Å²) in [4.78, 5) is 23.6. The normalized spacial score (nSPS) is 11.4. The first-order chi connectivity index (χ1) is 27.8. The van der Waals surface area contributed by atoms with Gasteiger partial charge in [0.25, 0.3) is 0 Å². The van der Waals surface area contributed by atoms with E-state index in [1.54, 1.807) is 0 Å². The average Bonchev–Trinajstić information content (AvgIpc) is 3.21. The monoisotopic (exact) mass is 830 g/mol. The van der Waals surface area contributed by atoms with Gasteiger partial charge in [0.1, 0.15) is 6.61 Å². The molecular weight excluding hydrogens is 763 g/mol. The van der Waals surface area contributed by atoms with Gasteiger partial charge in [-0.3, -0.25) is 9.59 Å². The summed E-state index contributed by atoms with van der Waals surface area (Å²) in [5.74, 6) is -14.3. The highest BCUT2D eigenvalue weighted by atomic mass is 19.2. The number of halogens is 5. The maximum absolute atomic E-state index is 13.6. The topological polar surface area (TPSA) is 117 Å². The molecule has 57 heavy (non-hydrogen) atoms. The quantitative estimate of drug-likeness (QED) is 0.0158. The van der Waals surface area contributed by atoms with Crippen molar-refractivity contribution in [2.24, 2.45) is 0 Å². The first-order valence-electron chi connectivity index (χ1n) is 20.7. The van der Waals surface area contributed by atoms with Crippen molar-refractivity contribution in [3.05, 3.63) is 29.1 Å². The molecule has 0 heterocycles. The van der Waals surface area contributed by atoms with Gasteiger partial charge in [-0.25, -0.2) is 13.2 Å². The van der Waals surface area contributed by atoms with E-state index in [9.17, 15) is 31.5 Å². The summed E-state index contributed by atoms with van der Waals surface area (Å²) in [6.45, 7) is 6.62. The molecule has 0 fully saturated rings. The van der Waals surface area contributed by atoms with Gasteiger partial charge in [-0.05, 0) is 6.42 Å². The van der Waals surface area contributed by atoms with Crippen molar-refractivity contribution in [1.29, 1.82) is 0 Å². The lowest BCUT2D eigenvalue weighted by molar-refractivity contribution is -0.145. The Morgan fingerprint density at radius 2 is 0.649 bits per heavy atom. The molecule has 0 radical (unpaired) electrons. The van der Waals surface area contributed by atoms with Gasteiger partial charge in [0.2, 0.25) is 34.8 Å². The minimum atomic E-state index is -2.35. The average molecular weight is 831 g/mol. The van der Waals surface area contributed by atoms with Gasteiger partial charge in [-0.2, -0.15) is 8.78 Å². The number of rotatable bonds is 41. The van der Waals surface area contributed by atoms with Gasteiger partial charge >= 0.3 is 11.9 Å². The summed E-state index contributed by atoms with van der Waals surface area (Å²) >= 11 is 0. The summed E-state index contributed by atoms with van der Waals surface area (Å²) in [6, 6.07) is 0. The highest BCUT2D eigenvalue weighted by Crippen LogP contribution is 2.29. The van der Waals surface area contributed by atoms with Crippen LogP contribution in [-0.4, -0.2) is 111 Å². The summed E-state index contributed by atoms with van der Waals surface area (Å²) in [7, 11) is 0. The lowest BCUT2D eigenvalue weighted by Crippen LogP contribution is -2.16. The van der Waals surface area contributed by atoms with Crippen LogP contribution in [0, 0.1) is 29.1 Å². The summed E-state index contributed by atoms with van der Waals surface area (Å²) in [5, 5.41) is 0. The van der Waals surface area contributed by atoms with Crippen LogP contribution in [0.4, 0.5) is 22.0 Å². The maximum atomic E-state index is 13.6. The Labute approximate surface area is 335 Å². The van der Waals surface area contributed by atoms with Crippen molar-refractivity contribution in [2.45, 2.75) is 116 Å². The van der Waals surface area contributed by atoms with Crippen LogP contribution in [0.1, 0.15) is 116 Å². The number of unbranched alkanes of at least 4 members (excludes halogenated alkanes) is 14. The third-order valence-corrected chi connectivity index (χ3v) is 8.54. The maximum Gasteiger partial charge on any atom is 0.313 e. The first-order valence-corrected chi connectivity index (χ1v) is 20.7. The molecule has 0 saturated heterocycles. The Kier molecular flexibility index (Phi) is 34.8. The molecule has 1 rings (SSSR count). The molecule has 0 aliphatic heterocycles. The second-order valence-corrected chi connectivity index (χ2v) is 13.3. The number of carbonyl (C=O) groups is 2. The van der Waals surface area contributed by atoms with Crippen LogP contribution in [0.3, 0.4) is 0 Å². The van der Waals surface area contributed by atoms with Gasteiger partial charge in [0.15, 0.2) is 0 Å². The summed E-state index contributed by atoms with van der Waals surface area (Å²) in [5.41, 5.74) is 0. The number of hydrogen-bond acceptors (Lipinski definition) is 11. The largest absolute Gasteiger partial charge is 0.463 e. The minimum Gasteiger partial charge on any atom is -0.463 e. The van der Waals surface area contributed by atoms with Crippen LogP contribution < -0.4 is 4.74 Å². The Hall–Kier alpha value is -2.47. The van der Waals surface area contributed by atoms with Crippen molar-refractivity contribution >= 4 is 11.9 Å². The Balaban J connectivity index is 1.74. The van der Waals surface area contributed by atoms with E-state index < -0.39 is 47.2 Å². The number of benzene rings is 1. The fourth-order valence-electron chi connectivity index (χ4n) is 5.34. The van der Waals surface area contributed by atoms with E-state index in [4.69, 9.17) is 37.9 Å². The van der Waals surface area contributed by atoms with Crippen molar-refractivity contribution in [3.8, 4) is 5.75 Å². The van der Waals surface area contributed by atoms with E-state index in [0.717, 1.165) is 12.8 Å². The fraction of sp³-hybridized carbons (Fsp3) is 0.805. The molecule has 0 N–H and O–H groups in total. The fourth-order valence-corrected chi connectivity index (χ4v) is 5.34. The standard InChI is InChI=1S/C41H67F5O11/c1-2-3-4-5-6-7-8-9-10-11-12-13-14-15-16-17-34(47)56-33-32-55-31-30-54-29-28-53-27-26-52-25-24-51-23-22-50-21-20-49-19-18-35(48)57-41-39(45)37(43)36(42)38(44)40(41)46/h2-33H2,1H3. The summed E-state index contributed by atoms with van der Waals surface area (Å²) in [6.07, 6.45) is 19.4. The van der Waals surface area contributed by atoms with Gasteiger partial charge in [-0.15, -0.1) is 0 Å². The molecule has 0 spiro atoms. The van der Waals surface area contributed by atoms with E-state index in [2.05, 4.69) is 11.7 Å². The van der Waals surface area contributed by atoms with Crippen molar-refractivity contribution in [2.75, 3.05) is 99.1 Å². The van der Waals surface area contributed by atoms with Crippen molar-refractivity contribution < 1.29 is 74.2 Å². The summed E-state index contributed by atoms with van der Waals surface area (Å²) < 4.78 is 114. The van der Waals surface area contributed by atoms with Crippen LogP contribution in [0.15, 0.2) is 0 Å². The van der Waals surface area contributed by atoms with Gasteiger partial charge in [0, 0.05) is 6.42 Å². The molecule has 332 valence electrons. The predicted octanol–water partition coefficient (Wildman–Crippen LogP) is 8.60. The predicted molar refractivity (Wildman–Crippen MR) is 203 cm³/mol. The molecule has 0 amide bonds. The van der Waals surface area contributed by atoms with Crippen molar-refractivity contribution in [3.63, 3.8) is 0 Å². The van der Waals surface area contributed by atoms with Crippen LogP contribution in [0.25, 0.3) is 0 Å². The second kappa shape index (κ2) is 37.8. The Bertz CT molecular complexity index is 1120. The molecule has 0 saturated carbocycles. The lowest BCUT2D eigenvalue weighted by Gasteiger charge is -2.09. The highest BCUT2D eigenvalue weighted by molar-refractivity contribution is 5.72. The Morgan fingerprint density at radius 3 is 1.02 bits per heavy atom. The SMILES string of the molecule is CCCCCCCCCCCCCCCCCC(=O)OCCOCCOCCOCCOCCOCCOCCOCCC(=O)Oc1c(F)c(F)c(F)c(F)c1F. The first kappa shape index (κ1) is 52.5. The van der Waals surface area contributed by atoms with Crippen LogP contribution in [0.5, 0.6) is 5.75 Å². The molecule has 0 aromatic heterocycles. The number of esters is 2. The van der Waals surface area contributed by atoms with Crippen LogP contribution in [0.2, 0.25) is 0 Å². The lowest BCUT2D eigenvalue weighted by atomic mass is 10.0. The molecule has 0 atom stereocenters. The second-order valence-electron chi connectivity index (χ2n) is 13.3. The van der Waals surface area contributed by atoms with Crippen LogP contribution in [-0.2, 0) is 47.5 Å². The van der Waals surface area contributed by atoms with Crippen molar-refractivity contribution in [1.82, 2.24) is 0 Å². The molecular formula is C41H67F5O11. The Morgan fingerprint density at radius 1 is 0.351 bits per heavy atom. The minimum absolute atomic E-state index is 0.0794. The molecule has 1 aromatic carbocycles. The van der Waals surface area contributed by atoms with Gasteiger partial charge in [0.05, 0.1) is 98.9 Å². The smallest absolute Gasteiger partial charge is 0.313 e. The van der Waals surface area contributed by atoms with Gasteiger partial charge < -0.3 is 42.6 Å². The van der Waals surface area contributed by atoms with E-state index in [1.807, 2.05) is 0 Å². The van der Waals surface area contributed by atoms with E-state index in [0.29, 0.717) is 72.5 Å². The molecule has 0 aliphatic rings. The molecule has 0 aliphatic carbocycles. The third kappa shape index (κ3) is 29.4. The number of carbonyl (C=O) groups excluding carboxylic acids is 2. The van der Waals surface area contributed by atoms with E-state index in [1.165, 1.54) is 83.5 Å². The zero-order chi connectivity index (χ0) is 41.6. The zero-order valence-corrected chi connectivity index (χ0v) is 34.0. The van der Waals surface area contributed by atoms with Crippen LogP contribution >= 0.6 is 0 Å². The van der Waals surface area contributed by atoms with Gasteiger partial charge in [-0.1, -0.05) is 96.8 Å². The number of hydrogen-bond donors (Lipinski definition) is 0. The number of ether oxygens (including phenoxy) is 9. The molecule has 0 bridgehead atoms. The highest BCUT2D eigenvalue weighted by Gasteiger charge is 2.28. The molecule has 11 nitrogen and oxygen atoms in total.